The molecule has 0 spiro atoms. The van der Waals surface area contributed by atoms with Crippen LogP contribution >= 0.6 is 12.2 Å². The first kappa shape index (κ1) is 12.6. The van der Waals surface area contributed by atoms with Gasteiger partial charge in [-0.15, -0.1) is 0 Å². The average Bonchev–Trinajstić information content (AvgIpc) is 2.48. The molecule has 19 heavy (non-hydrogen) atoms. The molecule has 0 aliphatic carbocycles. The topological polar surface area (TPSA) is 12.5 Å². The molecule has 0 amide bonds. The first-order chi connectivity index (χ1) is 9.34. The van der Waals surface area contributed by atoms with Crippen LogP contribution in [0.4, 0.5) is 0 Å². The van der Waals surface area contributed by atoms with Crippen LogP contribution in [-0.4, -0.2) is 36.2 Å². The van der Waals surface area contributed by atoms with Crippen LogP contribution in [-0.2, 0) is 11.2 Å². The molecule has 1 aliphatic rings. The molecular formula is C16H17NOS. The molecule has 0 N–H and O–H groups in total. The molecule has 0 unspecified atom stereocenters. The van der Waals surface area contributed by atoms with Gasteiger partial charge in [-0.25, -0.2) is 0 Å². The van der Waals surface area contributed by atoms with Gasteiger partial charge in [0.05, 0.1) is 18.2 Å². The van der Waals surface area contributed by atoms with Crippen molar-refractivity contribution in [1.29, 1.82) is 0 Å². The molecular weight excluding hydrogens is 254 g/mol. The molecule has 2 nitrogen and oxygen atoms in total. The van der Waals surface area contributed by atoms with Crippen molar-refractivity contribution in [2.45, 2.75) is 6.42 Å². The van der Waals surface area contributed by atoms with Crippen LogP contribution in [0.25, 0.3) is 10.8 Å². The van der Waals surface area contributed by atoms with E-state index in [0.717, 1.165) is 37.7 Å². The second-order valence-electron chi connectivity index (χ2n) is 4.81. The van der Waals surface area contributed by atoms with E-state index in [2.05, 4.69) is 47.4 Å². The van der Waals surface area contributed by atoms with E-state index < -0.39 is 0 Å². The highest BCUT2D eigenvalue weighted by Crippen LogP contribution is 2.20. The molecule has 98 valence electrons. The van der Waals surface area contributed by atoms with E-state index in [1.165, 1.54) is 16.3 Å². The lowest BCUT2D eigenvalue weighted by molar-refractivity contribution is 0.0685. The maximum Gasteiger partial charge on any atom is 0.0825 e. The van der Waals surface area contributed by atoms with Gasteiger partial charge in [-0.3, -0.25) is 0 Å². The third-order valence-corrected chi connectivity index (χ3v) is 3.99. The molecule has 2 aromatic rings. The highest BCUT2D eigenvalue weighted by Gasteiger charge is 2.14. The number of rotatable bonds is 2. The monoisotopic (exact) mass is 271 g/mol. The fourth-order valence-electron chi connectivity index (χ4n) is 2.53. The van der Waals surface area contributed by atoms with Gasteiger partial charge in [-0.05, 0) is 16.3 Å². The highest BCUT2D eigenvalue weighted by molar-refractivity contribution is 7.80. The fraction of sp³-hybridized carbons (Fsp3) is 0.312. The van der Waals surface area contributed by atoms with Gasteiger partial charge in [0, 0.05) is 19.5 Å². The highest BCUT2D eigenvalue weighted by atomic mass is 32.1. The maximum atomic E-state index is 5.59. The summed E-state index contributed by atoms with van der Waals surface area (Å²) in [6.07, 6.45) is 0.844. The molecule has 0 bridgehead atoms. The minimum Gasteiger partial charge on any atom is -0.378 e. The molecule has 0 saturated carbocycles. The van der Waals surface area contributed by atoms with Crippen LogP contribution in [0.3, 0.4) is 0 Å². The summed E-state index contributed by atoms with van der Waals surface area (Å²) in [6, 6.07) is 14.9. The van der Waals surface area contributed by atoms with Crippen molar-refractivity contribution in [3.8, 4) is 0 Å². The Morgan fingerprint density at radius 3 is 2.63 bits per heavy atom. The lowest BCUT2D eigenvalue weighted by Gasteiger charge is -2.29. The van der Waals surface area contributed by atoms with Crippen LogP contribution in [0, 0.1) is 0 Å². The Morgan fingerprint density at radius 2 is 1.79 bits per heavy atom. The van der Waals surface area contributed by atoms with Crippen molar-refractivity contribution in [2.75, 3.05) is 26.3 Å². The Balaban J connectivity index is 1.82. The SMILES string of the molecule is S=C(Cc1cccc2ccccc12)N1CCOCC1. The van der Waals surface area contributed by atoms with E-state index in [1.54, 1.807) is 0 Å². The third kappa shape index (κ3) is 2.77. The number of ether oxygens (including phenoxy) is 1. The van der Waals surface area contributed by atoms with Crippen LogP contribution < -0.4 is 0 Å². The number of benzene rings is 2. The second-order valence-corrected chi connectivity index (χ2v) is 5.28. The lowest BCUT2D eigenvalue weighted by Crippen LogP contribution is -2.40. The van der Waals surface area contributed by atoms with Gasteiger partial charge in [0.15, 0.2) is 0 Å². The van der Waals surface area contributed by atoms with E-state index in [1.807, 2.05) is 0 Å². The normalized spacial score (nSPS) is 15.7. The van der Waals surface area contributed by atoms with E-state index in [9.17, 15) is 0 Å². The van der Waals surface area contributed by atoms with Gasteiger partial charge in [0.1, 0.15) is 0 Å². The largest absolute Gasteiger partial charge is 0.378 e. The summed E-state index contributed by atoms with van der Waals surface area (Å²) in [4.78, 5) is 3.29. The second kappa shape index (κ2) is 5.68. The Morgan fingerprint density at radius 1 is 1.05 bits per heavy atom. The first-order valence-electron chi connectivity index (χ1n) is 6.67. The number of thiocarbonyl (C=S) groups is 1. The summed E-state index contributed by atoms with van der Waals surface area (Å²) in [7, 11) is 0. The standard InChI is InChI=1S/C16H17NOS/c19-16(17-8-10-18-11-9-17)12-14-6-3-5-13-4-1-2-7-15(13)14/h1-7H,8-12H2. The number of morpholine rings is 1. The Kier molecular flexibility index (Phi) is 3.76. The quantitative estimate of drug-likeness (QED) is 0.779. The molecule has 1 fully saturated rings. The molecule has 1 saturated heterocycles. The molecule has 1 aliphatic heterocycles. The van der Waals surface area contributed by atoms with E-state index in [-0.39, 0.29) is 0 Å². The van der Waals surface area contributed by atoms with Gasteiger partial charge < -0.3 is 9.64 Å². The van der Waals surface area contributed by atoms with Crippen LogP contribution in [0.15, 0.2) is 42.5 Å². The average molecular weight is 271 g/mol. The van der Waals surface area contributed by atoms with Crippen molar-refractivity contribution in [2.24, 2.45) is 0 Å². The van der Waals surface area contributed by atoms with Gasteiger partial charge in [0.25, 0.3) is 0 Å². The Hall–Kier alpha value is -1.45. The molecule has 3 rings (SSSR count). The molecule has 0 radical (unpaired) electrons. The number of hydrogen-bond acceptors (Lipinski definition) is 2. The lowest BCUT2D eigenvalue weighted by atomic mass is 10.0. The van der Waals surface area contributed by atoms with Crippen LogP contribution in [0.2, 0.25) is 0 Å². The number of hydrogen-bond donors (Lipinski definition) is 0. The Bertz CT molecular complexity index is 585. The molecule has 1 heterocycles. The zero-order valence-electron chi connectivity index (χ0n) is 10.8. The van der Waals surface area contributed by atoms with E-state index in [0.29, 0.717) is 0 Å². The summed E-state index contributed by atoms with van der Waals surface area (Å²) in [5.41, 5.74) is 1.31. The first-order valence-corrected chi connectivity index (χ1v) is 7.07. The summed E-state index contributed by atoms with van der Waals surface area (Å²) in [5, 5.41) is 2.59. The minimum absolute atomic E-state index is 0.787. The summed E-state index contributed by atoms with van der Waals surface area (Å²) in [6.45, 7) is 3.42. The van der Waals surface area contributed by atoms with Crippen molar-refractivity contribution < 1.29 is 4.74 Å². The van der Waals surface area contributed by atoms with Gasteiger partial charge in [0.2, 0.25) is 0 Å². The zero-order chi connectivity index (χ0) is 13.1. The number of fused-ring (bicyclic) bond motifs is 1. The summed E-state index contributed by atoms with van der Waals surface area (Å²) >= 11 is 5.59. The third-order valence-electron chi connectivity index (χ3n) is 3.59. The molecule has 2 aromatic carbocycles. The molecule has 0 atom stereocenters. The van der Waals surface area contributed by atoms with Crippen LogP contribution in [0.1, 0.15) is 5.56 Å². The van der Waals surface area contributed by atoms with Gasteiger partial charge >= 0.3 is 0 Å². The van der Waals surface area contributed by atoms with Crippen molar-refractivity contribution in [3.63, 3.8) is 0 Å². The van der Waals surface area contributed by atoms with Crippen LogP contribution in [0.5, 0.6) is 0 Å². The summed E-state index contributed by atoms with van der Waals surface area (Å²) < 4.78 is 5.37. The smallest absolute Gasteiger partial charge is 0.0825 e. The van der Waals surface area contributed by atoms with Crippen molar-refractivity contribution in [1.82, 2.24) is 4.90 Å². The van der Waals surface area contributed by atoms with Gasteiger partial charge in [-0.1, -0.05) is 54.7 Å². The predicted molar refractivity (Wildman–Crippen MR) is 82.6 cm³/mol. The van der Waals surface area contributed by atoms with E-state index in [4.69, 9.17) is 17.0 Å². The maximum absolute atomic E-state index is 5.59. The molecule has 0 aromatic heterocycles. The Labute approximate surface area is 119 Å². The number of nitrogens with zero attached hydrogens (tertiary/aromatic N) is 1. The minimum atomic E-state index is 0.787. The fourth-order valence-corrected chi connectivity index (χ4v) is 2.87. The predicted octanol–water partition coefficient (Wildman–Crippen LogP) is 3.04. The van der Waals surface area contributed by atoms with Gasteiger partial charge in [-0.2, -0.15) is 0 Å². The zero-order valence-corrected chi connectivity index (χ0v) is 11.7. The summed E-state index contributed by atoms with van der Waals surface area (Å²) in [5.74, 6) is 0. The van der Waals surface area contributed by atoms with Crippen molar-refractivity contribution in [3.05, 3.63) is 48.0 Å². The molecule has 3 heteroatoms. The van der Waals surface area contributed by atoms with Crippen molar-refractivity contribution >= 4 is 28.0 Å². The van der Waals surface area contributed by atoms with E-state index >= 15 is 0 Å².